The Balaban J connectivity index is 1.89. The Kier molecular flexibility index (Phi) is 4.31. The van der Waals surface area contributed by atoms with Crippen LogP contribution in [0.1, 0.15) is 43.5 Å². The second kappa shape index (κ2) is 6.54. The Hall–Kier alpha value is -2.59. The number of nitrogens with one attached hydrogen (secondary N) is 1. The molecule has 2 aliphatic heterocycles. The van der Waals surface area contributed by atoms with E-state index in [0.29, 0.717) is 17.6 Å². The van der Waals surface area contributed by atoms with E-state index in [1.165, 1.54) is 0 Å². The number of hydrogen-bond acceptors (Lipinski definition) is 5. The van der Waals surface area contributed by atoms with E-state index in [-0.39, 0.29) is 28.7 Å². The average molecular weight is 369 g/mol. The lowest BCUT2D eigenvalue weighted by Gasteiger charge is -2.30. The van der Waals surface area contributed by atoms with Gasteiger partial charge in [0.05, 0.1) is 22.3 Å². The third-order valence-electron chi connectivity index (χ3n) is 6.00. The van der Waals surface area contributed by atoms with E-state index in [2.05, 4.69) is 17.3 Å². The van der Waals surface area contributed by atoms with Gasteiger partial charge in [0.1, 0.15) is 11.6 Å². The molecule has 1 aromatic heterocycles. The smallest absolute Gasteiger partial charge is 0.209 e. The molecule has 0 spiro atoms. The van der Waals surface area contributed by atoms with Gasteiger partial charge >= 0.3 is 0 Å². The molecule has 0 radical (unpaired) electrons. The zero-order valence-electron chi connectivity index (χ0n) is 15.7. The normalized spacial score (nSPS) is 20.6. The van der Waals surface area contributed by atoms with Gasteiger partial charge in [0, 0.05) is 17.8 Å². The number of rotatable bonds is 2. The predicted molar refractivity (Wildman–Crippen MR) is 104 cm³/mol. The molecule has 1 saturated heterocycles. The minimum atomic E-state index is -0.603. The topological polar surface area (TPSA) is 87.1 Å². The van der Waals surface area contributed by atoms with Crippen LogP contribution in [-0.4, -0.2) is 35.6 Å². The molecule has 0 amide bonds. The molecule has 0 bridgehead atoms. The van der Waals surface area contributed by atoms with Gasteiger partial charge in [-0.15, -0.1) is 0 Å². The van der Waals surface area contributed by atoms with E-state index >= 15 is 0 Å². The van der Waals surface area contributed by atoms with Crippen LogP contribution >= 0.6 is 0 Å². The highest BCUT2D eigenvalue weighted by Gasteiger charge is 2.28. The molecule has 7 heteroatoms. The van der Waals surface area contributed by atoms with Crippen molar-refractivity contribution in [1.82, 2.24) is 9.47 Å². The van der Waals surface area contributed by atoms with Gasteiger partial charge in [-0.1, -0.05) is 0 Å². The van der Waals surface area contributed by atoms with E-state index in [1.54, 1.807) is 6.07 Å². The first-order chi connectivity index (χ1) is 12.9. The van der Waals surface area contributed by atoms with Gasteiger partial charge < -0.3 is 20.5 Å². The third kappa shape index (κ3) is 2.76. The molecule has 142 valence electrons. The number of nitrogens with zero attached hydrogens (tertiary/aromatic N) is 3. The summed E-state index contributed by atoms with van der Waals surface area (Å²) >= 11 is 0. The lowest BCUT2D eigenvalue weighted by molar-refractivity contribution is 0.263. The number of fused-ring (bicyclic) bond motifs is 3. The van der Waals surface area contributed by atoms with E-state index in [4.69, 9.17) is 5.73 Å². The van der Waals surface area contributed by atoms with E-state index in [9.17, 15) is 14.4 Å². The molecule has 2 aromatic rings. The van der Waals surface area contributed by atoms with Crippen LogP contribution in [0.4, 0.5) is 15.8 Å². The summed E-state index contributed by atoms with van der Waals surface area (Å²) in [6.45, 7) is 3.96. The maximum atomic E-state index is 15.0. The quantitative estimate of drug-likeness (QED) is 0.795. The van der Waals surface area contributed by atoms with Crippen LogP contribution in [0.3, 0.4) is 0 Å². The summed E-state index contributed by atoms with van der Waals surface area (Å²) in [5, 5.41) is 12.9. The number of pyridine rings is 1. The number of nitrogen functional groups attached to an aromatic ring is 1. The number of hydrogen-bond donors (Lipinski definition) is 2. The summed E-state index contributed by atoms with van der Waals surface area (Å²) in [4.78, 5) is 15.1. The van der Waals surface area contributed by atoms with Gasteiger partial charge in [0.25, 0.3) is 0 Å². The van der Waals surface area contributed by atoms with Gasteiger partial charge in [-0.3, -0.25) is 4.79 Å². The molecular formula is C20H24FN5O. The zero-order valence-corrected chi connectivity index (χ0v) is 15.7. The Labute approximate surface area is 157 Å². The third-order valence-corrected chi connectivity index (χ3v) is 6.00. The molecule has 0 saturated carbocycles. The molecule has 1 atom stereocenters. The van der Waals surface area contributed by atoms with Crippen LogP contribution in [0.2, 0.25) is 0 Å². The first-order valence-electron chi connectivity index (χ1n) is 9.46. The molecule has 4 rings (SSSR count). The first kappa shape index (κ1) is 17.8. The Bertz CT molecular complexity index is 1010. The van der Waals surface area contributed by atoms with Crippen molar-refractivity contribution in [3.05, 3.63) is 33.4 Å². The Morgan fingerprint density at radius 1 is 1.33 bits per heavy atom. The van der Waals surface area contributed by atoms with E-state index in [1.807, 2.05) is 17.6 Å². The highest BCUT2D eigenvalue weighted by molar-refractivity contribution is 5.95. The number of nitrogens with two attached hydrogens (primary N) is 1. The second-order valence-electron chi connectivity index (χ2n) is 7.79. The van der Waals surface area contributed by atoms with Gasteiger partial charge in [-0.05, 0) is 58.8 Å². The van der Waals surface area contributed by atoms with Crippen molar-refractivity contribution in [3.63, 3.8) is 0 Å². The molecular weight excluding hydrogens is 345 g/mol. The number of halogens is 1. The molecule has 1 aromatic carbocycles. The predicted octanol–water partition coefficient (Wildman–Crippen LogP) is 2.61. The first-order valence-corrected chi connectivity index (χ1v) is 9.46. The fourth-order valence-corrected chi connectivity index (χ4v) is 4.43. The summed E-state index contributed by atoms with van der Waals surface area (Å²) in [6, 6.07) is 4.02. The van der Waals surface area contributed by atoms with Gasteiger partial charge in [-0.2, -0.15) is 5.26 Å². The SMILES string of the molecule is CC1CCc2c(C#N)c(=O)c3c(N)c(F)c(NC4CCN(C)CC4)cc3n21. The molecule has 1 fully saturated rings. The maximum absolute atomic E-state index is 15.0. The minimum Gasteiger partial charge on any atom is -0.396 e. The number of nitriles is 1. The Morgan fingerprint density at radius 2 is 2.04 bits per heavy atom. The van der Waals surface area contributed by atoms with Crippen LogP contribution in [0.5, 0.6) is 0 Å². The molecule has 0 aliphatic carbocycles. The summed E-state index contributed by atoms with van der Waals surface area (Å²) in [5.74, 6) is -0.603. The van der Waals surface area contributed by atoms with Gasteiger partial charge in [-0.25, -0.2) is 4.39 Å². The van der Waals surface area contributed by atoms with Crippen molar-refractivity contribution < 1.29 is 4.39 Å². The standard InChI is InChI=1S/C20H24FN5O/c1-11-3-4-15-13(10-22)20(27)17-16(26(11)15)9-14(18(21)19(17)23)24-12-5-7-25(2)8-6-12/h9,11-12,24H,3-8,23H2,1-2H3. The molecule has 3 heterocycles. The monoisotopic (exact) mass is 369 g/mol. The maximum Gasteiger partial charge on any atom is 0.209 e. The molecule has 2 aliphatic rings. The second-order valence-corrected chi connectivity index (χ2v) is 7.79. The molecule has 3 N–H and O–H groups in total. The van der Waals surface area contributed by atoms with Crippen molar-refractivity contribution >= 4 is 22.3 Å². The summed E-state index contributed by atoms with van der Waals surface area (Å²) in [5.41, 5.74) is 7.22. The number of anilines is 2. The fourth-order valence-electron chi connectivity index (χ4n) is 4.43. The number of likely N-dealkylation sites (tertiary alicyclic amines) is 1. The van der Waals surface area contributed by atoms with Crippen LogP contribution in [0.15, 0.2) is 10.9 Å². The van der Waals surface area contributed by atoms with Crippen molar-refractivity contribution in [3.8, 4) is 6.07 Å². The number of piperidine rings is 1. The average Bonchev–Trinajstić information content (AvgIpc) is 3.03. The molecule has 27 heavy (non-hydrogen) atoms. The van der Waals surface area contributed by atoms with Crippen LogP contribution in [0.25, 0.3) is 10.9 Å². The largest absolute Gasteiger partial charge is 0.396 e. The van der Waals surface area contributed by atoms with E-state index in [0.717, 1.165) is 38.0 Å². The van der Waals surface area contributed by atoms with Crippen LogP contribution in [0, 0.1) is 17.1 Å². The van der Waals surface area contributed by atoms with Crippen molar-refractivity contribution in [2.24, 2.45) is 0 Å². The lowest BCUT2D eigenvalue weighted by Crippen LogP contribution is -2.37. The van der Waals surface area contributed by atoms with Crippen LogP contribution < -0.4 is 16.5 Å². The summed E-state index contributed by atoms with van der Waals surface area (Å²) < 4.78 is 17.0. The summed E-state index contributed by atoms with van der Waals surface area (Å²) in [7, 11) is 2.08. The number of aromatic nitrogens is 1. The fraction of sp³-hybridized carbons (Fsp3) is 0.500. The van der Waals surface area contributed by atoms with Crippen molar-refractivity contribution in [2.45, 2.75) is 44.7 Å². The van der Waals surface area contributed by atoms with E-state index < -0.39 is 11.2 Å². The summed E-state index contributed by atoms with van der Waals surface area (Å²) in [6.07, 6.45) is 3.37. The van der Waals surface area contributed by atoms with Crippen molar-refractivity contribution in [1.29, 1.82) is 5.26 Å². The highest BCUT2D eigenvalue weighted by Crippen LogP contribution is 2.36. The van der Waals surface area contributed by atoms with Gasteiger partial charge in [0.15, 0.2) is 5.82 Å². The lowest BCUT2D eigenvalue weighted by atomic mass is 10.0. The van der Waals surface area contributed by atoms with Crippen LogP contribution in [-0.2, 0) is 6.42 Å². The number of benzene rings is 1. The molecule has 6 nitrogen and oxygen atoms in total. The van der Waals surface area contributed by atoms with Gasteiger partial charge in [0.2, 0.25) is 5.43 Å². The minimum absolute atomic E-state index is 0.0916. The molecule has 1 unspecified atom stereocenters. The van der Waals surface area contributed by atoms with Crippen molar-refractivity contribution in [2.75, 3.05) is 31.2 Å². The Morgan fingerprint density at radius 3 is 2.70 bits per heavy atom. The highest BCUT2D eigenvalue weighted by atomic mass is 19.1. The zero-order chi connectivity index (χ0) is 19.3.